The van der Waals surface area contributed by atoms with Crippen LogP contribution in [0.5, 0.6) is 0 Å². The van der Waals surface area contributed by atoms with Crippen molar-refractivity contribution in [2.75, 3.05) is 6.54 Å². The molecule has 7 nitrogen and oxygen atoms in total. The molecule has 0 spiro atoms. The van der Waals surface area contributed by atoms with Crippen LogP contribution in [0.15, 0.2) is 47.4 Å². The lowest BCUT2D eigenvalue weighted by Crippen LogP contribution is -2.38. The van der Waals surface area contributed by atoms with Crippen LogP contribution in [0.25, 0.3) is 0 Å². The van der Waals surface area contributed by atoms with Gasteiger partial charge in [0, 0.05) is 6.54 Å². The highest BCUT2D eigenvalue weighted by Gasteiger charge is 2.21. The van der Waals surface area contributed by atoms with Gasteiger partial charge < -0.3 is 10.1 Å². The molecular formula is C19H20Cl2N2O5S. The van der Waals surface area contributed by atoms with E-state index in [9.17, 15) is 18.0 Å². The molecule has 2 aromatic carbocycles. The number of aryl methyl sites for hydroxylation is 1. The van der Waals surface area contributed by atoms with E-state index in [1.165, 1.54) is 25.1 Å². The van der Waals surface area contributed by atoms with E-state index < -0.39 is 34.5 Å². The van der Waals surface area contributed by atoms with Crippen LogP contribution < -0.4 is 10.0 Å². The van der Waals surface area contributed by atoms with Crippen LogP contribution in [0.1, 0.15) is 18.1 Å². The van der Waals surface area contributed by atoms with Crippen LogP contribution in [-0.4, -0.2) is 32.9 Å². The number of benzene rings is 2. The summed E-state index contributed by atoms with van der Waals surface area (Å²) in [6.07, 6.45) is -1.08. The van der Waals surface area contributed by atoms with E-state index in [1.807, 2.05) is 31.2 Å². The number of carbonyl (C=O) groups excluding carboxylic acids is 2. The van der Waals surface area contributed by atoms with Gasteiger partial charge in [0.1, 0.15) is 6.54 Å². The lowest BCUT2D eigenvalue weighted by Gasteiger charge is -2.14. The van der Waals surface area contributed by atoms with E-state index in [0.29, 0.717) is 0 Å². The molecule has 0 aliphatic heterocycles. The summed E-state index contributed by atoms with van der Waals surface area (Å²) >= 11 is 11.6. The average Bonchev–Trinajstić information content (AvgIpc) is 2.67. The fraction of sp³-hybridized carbons (Fsp3) is 0.263. The molecule has 156 valence electrons. The Morgan fingerprint density at radius 1 is 1.07 bits per heavy atom. The van der Waals surface area contributed by atoms with Gasteiger partial charge in [-0.3, -0.25) is 9.59 Å². The number of hydrogen-bond donors (Lipinski definition) is 2. The minimum absolute atomic E-state index is 0.0657. The van der Waals surface area contributed by atoms with Crippen LogP contribution in [0.4, 0.5) is 0 Å². The summed E-state index contributed by atoms with van der Waals surface area (Å²) in [5, 5.41) is 2.92. The quantitative estimate of drug-likeness (QED) is 0.592. The number of rotatable bonds is 8. The zero-order chi connectivity index (χ0) is 21.6. The highest BCUT2D eigenvalue weighted by Crippen LogP contribution is 2.24. The summed E-state index contributed by atoms with van der Waals surface area (Å²) < 4.78 is 31.5. The van der Waals surface area contributed by atoms with E-state index in [4.69, 9.17) is 27.9 Å². The predicted molar refractivity (Wildman–Crippen MR) is 110 cm³/mol. The molecule has 1 unspecified atom stereocenters. The number of amides is 1. The van der Waals surface area contributed by atoms with Crippen LogP contribution in [0, 0.1) is 6.92 Å². The Labute approximate surface area is 179 Å². The van der Waals surface area contributed by atoms with Gasteiger partial charge in [-0.1, -0.05) is 53.0 Å². The summed E-state index contributed by atoms with van der Waals surface area (Å²) in [7, 11) is -3.99. The first-order valence-electron chi connectivity index (χ1n) is 8.56. The molecule has 0 bridgehead atoms. The molecule has 2 rings (SSSR count). The first-order valence-corrected chi connectivity index (χ1v) is 10.8. The monoisotopic (exact) mass is 458 g/mol. The fourth-order valence-electron chi connectivity index (χ4n) is 2.21. The van der Waals surface area contributed by atoms with Crippen LogP contribution in [-0.2, 0) is 30.9 Å². The van der Waals surface area contributed by atoms with E-state index >= 15 is 0 Å². The molecule has 0 radical (unpaired) electrons. The maximum atomic E-state index is 12.2. The standard InChI is InChI=1S/C19H20Cl2N2O5S/c1-12-3-5-14(6-4-12)10-22-19(25)13(2)28-18(24)11-23-29(26,27)15-7-8-16(20)17(21)9-15/h3-9,13,23H,10-11H2,1-2H3,(H,22,25). The Morgan fingerprint density at radius 3 is 2.34 bits per heavy atom. The second kappa shape index (κ2) is 10.1. The molecule has 0 aliphatic carbocycles. The van der Waals surface area contributed by atoms with Crippen molar-refractivity contribution in [2.24, 2.45) is 0 Å². The molecule has 29 heavy (non-hydrogen) atoms. The van der Waals surface area contributed by atoms with Crippen LogP contribution >= 0.6 is 23.2 Å². The second-order valence-electron chi connectivity index (χ2n) is 6.24. The maximum absolute atomic E-state index is 12.2. The van der Waals surface area contributed by atoms with Gasteiger partial charge in [-0.25, -0.2) is 8.42 Å². The van der Waals surface area contributed by atoms with Crippen molar-refractivity contribution >= 4 is 45.1 Å². The molecule has 0 aromatic heterocycles. The van der Waals surface area contributed by atoms with E-state index in [1.54, 1.807) is 0 Å². The molecule has 1 amide bonds. The fourth-order valence-corrected chi connectivity index (χ4v) is 3.57. The van der Waals surface area contributed by atoms with Gasteiger partial charge in [0.2, 0.25) is 10.0 Å². The summed E-state index contributed by atoms with van der Waals surface area (Å²) in [5.74, 6) is -1.39. The average molecular weight is 459 g/mol. The number of esters is 1. The number of carbonyl (C=O) groups is 2. The largest absolute Gasteiger partial charge is 0.452 e. The minimum atomic E-state index is -3.99. The Hall–Kier alpha value is -2.13. The summed E-state index contributed by atoms with van der Waals surface area (Å²) in [6.45, 7) is 3.00. The lowest BCUT2D eigenvalue weighted by atomic mass is 10.1. The Morgan fingerprint density at radius 2 is 1.72 bits per heavy atom. The van der Waals surface area contributed by atoms with Gasteiger partial charge in [-0.15, -0.1) is 0 Å². The smallest absolute Gasteiger partial charge is 0.321 e. The van der Waals surface area contributed by atoms with Crippen molar-refractivity contribution in [2.45, 2.75) is 31.4 Å². The summed E-state index contributed by atoms with van der Waals surface area (Å²) in [5.41, 5.74) is 2.00. The maximum Gasteiger partial charge on any atom is 0.321 e. The van der Waals surface area contributed by atoms with Gasteiger partial charge >= 0.3 is 5.97 Å². The van der Waals surface area contributed by atoms with Gasteiger partial charge in [-0.2, -0.15) is 4.72 Å². The zero-order valence-corrected chi connectivity index (χ0v) is 18.1. The first kappa shape index (κ1) is 23.2. The van der Waals surface area contributed by atoms with E-state index in [2.05, 4.69) is 10.0 Å². The summed E-state index contributed by atoms with van der Waals surface area (Å²) in [4.78, 5) is 23.8. The van der Waals surface area contributed by atoms with Gasteiger partial charge in [0.05, 0.1) is 14.9 Å². The number of halogens is 2. The van der Waals surface area contributed by atoms with Crippen molar-refractivity contribution in [3.8, 4) is 0 Å². The number of ether oxygens (including phenoxy) is 1. The molecule has 2 N–H and O–H groups in total. The molecule has 2 aromatic rings. The number of nitrogens with one attached hydrogen (secondary N) is 2. The van der Waals surface area contributed by atoms with E-state index in [0.717, 1.165) is 11.1 Å². The number of hydrogen-bond acceptors (Lipinski definition) is 5. The molecule has 0 saturated carbocycles. The third kappa shape index (κ3) is 7.01. The highest BCUT2D eigenvalue weighted by molar-refractivity contribution is 7.89. The Kier molecular flexibility index (Phi) is 8.04. The molecule has 0 saturated heterocycles. The van der Waals surface area contributed by atoms with Crippen LogP contribution in [0.2, 0.25) is 10.0 Å². The third-order valence-electron chi connectivity index (χ3n) is 3.87. The molecule has 10 heteroatoms. The van der Waals surface area contributed by atoms with Crippen molar-refractivity contribution in [1.82, 2.24) is 10.0 Å². The summed E-state index contributed by atoms with van der Waals surface area (Å²) in [6, 6.07) is 11.4. The Bertz CT molecular complexity index is 994. The predicted octanol–water partition coefficient (Wildman–Crippen LogP) is 2.83. The van der Waals surface area contributed by atoms with Crippen molar-refractivity contribution in [3.05, 3.63) is 63.6 Å². The Balaban J connectivity index is 1.83. The number of sulfonamides is 1. The van der Waals surface area contributed by atoms with Gasteiger partial charge in [0.25, 0.3) is 5.91 Å². The topological polar surface area (TPSA) is 102 Å². The minimum Gasteiger partial charge on any atom is -0.452 e. The first-order chi connectivity index (χ1) is 13.6. The normalized spacial score (nSPS) is 12.3. The van der Waals surface area contributed by atoms with E-state index in [-0.39, 0.29) is 21.5 Å². The molecule has 0 fully saturated rings. The van der Waals surface area contributed by atoms with Crippen molar-refractivity contribution in [3.63, 3.8) is 0 Å². The van der Waals surface area contributed by atoms with Gasteiger partial charge in [-0.05, 0) is 37.6 Å². The SMILES string of the molecule is Cc1ccc(CNC(=O)C(C)OC(=O)CNS(=O)(=O)c2ccc(Cl)c(Cl)c2)cc1. The van der Waals surface area contributed by atoms with Crippen LogP contribution in [0.3, 0.4) is 0 Å². The molecule has 0 heterocycles. The molecule has 1 atom stereocenters. The zero-order valence-electron chi connectivity index (χ0n) is 15.7. The second-order valence-corrected chi connectivity index (χ2v) is 8.82. The van der Waals surface area contributed by atoms with Crippen molar-refractivity contribution in [1.29, 1.82) is 0 Å². The molecule has 0 aliphatic rings. The van der Waals surface area contributed by atoms with Gasteiger partial charge in [0.15, 0.2) is 6.10 Å². The third-order valence-corrected chi connectivity index (χ3v) is 6.01. The molecular weight excluding hydrogens is 439 g/mol. The highest BCUT2D eigenvalue weighted by atomic mass is 35.5. The lowest BCUT2D eigenvalue weighted by molar-refractivity contribution is -0.153. The van der Waals surface area contributed by atoms with Crippen molar-refractivity contribution < 1.29 is 22.7 Å².